The quantitative estimate of drug-likeness (QED) is 0.568. The lowest BCUT2D eigenvalue weighted by atomic mass is 9.53. The minimum atomic E-state index is -0.235. The van der Waals surface area contributed by atoms with E-state index in [1.165, 1.54) is 0 Å². The second kappa shape index (κ2) is 5.70. The maximum Gasteiger partial charge on any atom is 0.334 e. The van der Waals surface area contributed by atoms with Crippen molar-refractivity contribution in [2.75, 3.05) is 6.61 Å². The van der Waals surface area contributed by atoms with Crippen LogP contribution in [-0.4, -0.2) is 36.9 Å². The lowest BCUT2D eigenvalue weighted by Gasteiger charge is -2.52. The molecule has 0 amide bonds. The third-order valence-corrected chi connectivity index (χ3v) is 7.06. The third kappa shape index (κ3) is 2.24. The van der Waals surface area contributed by atoms with Crippen LogP contribution in [0.3, 0.4) is 0 Å². The number of carbonyl (C=O) groups is 2. The maximum atomic E-state index is 12.3. The van der Waals surface area contributed by atoms with Crippen LogP contribution in [0.1, 0.15) is 47.0 Å². The molecule has 6 unspecified atom stereocenters. The summed E-state index contributed by atoms with van der Waals surface area (Å²) in [6, 6.07) is 0. The maximum absolute atomic E-state index is 12.3. The molecule has 2 aliphatic carbocycles. The van der Waals surface area contributed by atoms with Gasteiger partial charge in [0.2, 0.25) is 0 Å². The topological polar surface area (TPSA) is 61.8 Å². The van der Waals surface area contributed by atoms with Crippen LogP contribution in [0.25, 0.3) is 0 Å². The van der Waals surface area contributed by atoms with Crippen LogP contribution in [0.4, 0.5) is 0 Å². The second-order valence-electron chi connectivity index (χ2n) is 8.09. The van der Waals surface area contributed by atoms with Crippen molar-refractivity contribution in [1.29, 1.82) is 0 Å². The van der Waals surface area contributed by atoms with Crippen molar-refractivity contribution in [1.82, 2.24) is 0 Å². The highest BCUT2D eigenvalue weighted by atomic mass is 16.6. The molecule has 0 radical (unpaired) electrons. The molecule has 0 spiro atoms. The summed E-state index contributed by atoms with van der Waals surface area (Å²) in [5, 5.41) is 0. The van der Waals surface area contributed by atoms with Gasteiger partial charge in [0.15, 0.2) is 0 Å². The number of hydrogen-bond donors (Lipinski definition) is 0. The van der Waals surface area contributed by atoms with E-state index in [4.69, 9.17) is 14.2 Å². The monoisotopic (exact) mass is 346 g/mol. The fraction of sp³-hybridized carbons (Fsp3) is 0.700. The number of hydrogen-bond acceptors (Lipinski definition) is 5. The molecule has 2 heterocycles. The van der Waals surface area contributed by atoms with Gasteiger partial charge in [-0.05, 0) is 46.0 Å². The van der Waals surface area contributed by atoms with Crippen LogP contribution in [0.15, 0.2) is 22.8 Å². The molecule has 5 heteroatoms. The molecular formula is C20H26O5. The average Bonchev–Trinajstić information content (AvgIpc) is 3.07. The highest BCUT2D eigenvalue weighted by Gasteiger charge is 2.64. The van der Waals surface area contributed by atoms with E-state index in [-0.39, 0.29) is 41.6 Å². The van der Waals surface area contributed by atoms with Gasteiger partial charge in [-0.1, -0.05) is 13.0 Å². The van der Waals surface area contributed by atoms with Crippen molar-refractivity contribution in [2.24, 2.45) is 17.3 Å². The van der Waals surface area contributed by atoms with Gasteiger partial charge in [-0.15, -0.1) is 0 Å². The van der Waals surface area contributed by atoms with Gasteiger partial charge in [0.1, 0.15) is 12.2 Å². The molecule has 4 rings (SSSR count). The van der Waals surface area contributed by atoms with E-state index in [0.717, 1.165) is 24.8 Å². The first-order valence-electron chi connectivity index (χ1n) is 9.25. The summed E-state index contributed by atoms with van der Waals surface area (Å²) >= 11 is 0. The summed E-state index contributed by atoms with van der Waals surface area (Å²) in [4.78, 5) is 24.3. The Hall–Kier alpha value is -1.62. The van der Waals surface area contributed by atoms with Crippen molar-refractivity contribution in [3.05, 3.63) is 22.8 Å². The summed E-state index contributed by atoms with van der Waals surface area (Å²) in [5.74, 6) is 0.152. The fourth-order valence-corrected chi connectivity index (χ4v) is 5.38. The second-order valence-corrected chi connectivity index (χ2v) is 8.09. The lowest BCUT2D eigenvalue weighted by molar-refractivity contribution is -0.158. The van der Waals surface area contributed by atoms with E-state index in [2.05, 4.69) is 6.92 Å². The fourth-order valence-electron chi connectivity index (χ4n) is 5.38. The van der Waals surface area contributed by atoms with E-state index in [9.17, 15) is 9.59 Å². The lowest BCUT2D eigenvalue weighted by Crippen LogP contribution is -2.54. The van der Waals surface area contributed by atoms with Gasteiger partial charge < -0.3 is 14.2 Å². The Balaban J connectivity index is 1.64. The Morgan fingerprint density at radius 3 is 2.84 bits per heavy atom. The predicted molar refractivity (Wildman–Crippen MR) is 90.6 cm³/mol. The van der Waals surface area contributed by atoms with Gasteiger partial charge in [0, 0.05) is 28.1 Å². The summed E-state index contributed by atoms with van der Waals surface area (Å²) in [5.41, 5.74) is 2.27. The highest BCUT2D eigenvalue weighted by molar-refractivity contribution is 5.92. The van der Waals surface area contributed by atoms with E-state index in [0.29, 0.717) is 23.7 Å². The molecule has 0 aromatic rings. The summed E-state index contributed by atoms with van der Waals surface area (Å²) in [6.45, 7) is 8.29. The SMILES string of the molecule is CC=C(C)C(=O)OC1CCC2CC3OC(=O)C(C)=C3C3OCC1C23C. The Morgan fingerprint density at radius 1 is 1.36 bits per heavy atom. The highest BCUT2D eigenvalue weighted by Crippen LogP contribution is 2.61. The number of fused-ring (bicyclic) bond motifs is 2. The standard InChI is InChI=1S/C20H26O5/c1-5-10(2)18(21)24-14-7-6-12-8-15-16(11(3)19(22)25-15)17-20(12,4)13(14)9-23-17/h5,12-15,17H,6-9H2,1-4H3. The van der Waals surface area contributed by atoms with E-state index < -0.39 is 0 Å². The first kappa shape index (κ1) is 16.8. The largest absolute Gasteiger partial charge is 0.459 e. The van der Waals surface area contributed by atoms with Crippen molar-refractivity contribution >= 4 is 11.9 Å². The van der Waals surface area contributed by atoms with E-state index in [1.807, 2.05) is 13.8 Å². The van der Waals surface area contributed by atoms with Crippen LogP contribution < -0.4 is 0 Å². The van der Waals surface area contributed by atoms with E-state index >= 15 is 0 Å². The van der Waals surface area contributed by atoms with Gasteiger partial charge in [-0.2, -0.15) is 0 Å². The number of esters is 2. The van der Waals surface area contributed by atoms with Crippen LogP contribution in [0.5, 0.6) is 0 Å². The minimum Gasteiger partial charge on any atom is -0.459 e. The van der Waals surface area contributed by atoms with Gasteiger partial charge in [-0.25, -0.2) is 9.59 Å². The average molecular weight is 346 g/mol. The summed E-state index contributed by atoms with van der Waals surface area (Å²) in [7, 11) is 0. The zero-order chi connectivity index (χ0) is 17.9. The van der Waals surface area contributed by atoms with Crippen molar-refractivity contribution in [2.45, 2.75) is 65.3 Å². The third-order valence-electron chi connectivity index (χ3n) is 7.06. The Bertz CT molecular complexity index is 690. The van der Waals surface area contributed by atoms with Gasteiger partial charge in [-0.3, -0.25) is 0 Å². The molecule has 0 aromatic heterocycles. The number of ether oxygens (including phenoxy) is 3. The van der Waals surface area contributed by atoms with Gasteiger partial charge in [0.05, 0.1) is 12.7 Å². The molecule has 136 valence electrons. The molecule has 4 aliphatic rings. The smallest absolute Gasteiger partial charge is 0.334 e. The molecule has 25 heavy (non-hydrogen) atoms. The normalized spacial score (nSPS) is 42.8. The van der Waals surface area contributed by atoms with Crippen LogP contribution in [0.2, 0.25) is 0 Å². The van der Waals surface area contributed by atoms with Crippen LogP contribution >= 0.6 is 0 Å². The summed E-state index contributed by atoms with van der Waals surface area (Å²) in [6.07, 6.45) is 4.12. The number of allylic oxidation sites excluding steroid dienone is 1. The molecule has 5 nitrogen and oxygen atoms in total. The number of carbonyl (C=O) groups excluding carboxylic acids is 2. The molecule has 2 saturated carbocycles. The van der Waals surface area contributed by atoms with Crippen molar-refractivity contribution in [3.8, 4) is 0 Å². The Labute approximate surface area is 148 Å². The Kier molecular flexibility index (Phi) is 3.83. The minimum absolute atomic E-state index is 0.1000. The molecule has 3 fully saturated rings. The van der Waals surface area contributed by atoms with Gasteiger partial charge in [0.25, 0.3) is 0 Å². The zero-order valence-corrected chi connectivity index (χ0v) is 15.3. The first-order valence-corrected chi connectivity index (χ1v) is 9.25. The molecular weight excluding hydrogens is 320 g/mol. The molecule has 2 aliphatic heterocycles. The van der Waals surface area contributed by atoms with E-state index in [1.54, 1.807) is 13.0 Å². The van der Waals surface area contributed by atoms with Crippen molar-refractivity contribution in [3.63, 3.8) is 0 Å². The first-order chi connectivity index (χ1) is 11.9. The predicted octanol–water partition coefficient (Wildman–Crippen LogP) is 2.94. The summed E-state index contributed by atoms with van der Waals surface area (Å²) < 4.78 is 17.6. The van der Waals surface area contributed by atoms with Crippen LogP contribution in [0, 0.1) is 17.3 Å². The number of rotatable bonds is 2. The molecule has 0 N–H and O–H groups in total. The molecule has 6 atom stereocenters. The molecule has 0 bridgehead atoms. The molecule has 1 saturated heterocycles. The van der Waals surface area contributed by atoms with Crippen LogP contribution in [-0.2, 0) is 23.8 Å². The molecule has 0 aromatic carbocycles. The van der Waals surface area contributed by atoms with Gasteiger partial charge >= 0.3 is 11.9 Å². The zero-order valence-electron chi connectivity index (χ0n) is 15.3. The van der Waals surface area contributed by atoms with Crippen molar-refractivity contribution < 1.29 is 23.8 Å². The Morgan fingerprint density at radius 2 is 2.12 bits per heavy atom.